The molecule has 5 heteroatoms. The van der Waals surface area contributed by atoms with Crippen LogP contribution in [0.3, 0.4) is 0 Å². The fraction of sp³-hybridized carbons (Fsp3) is 0.667. The maximum Gasteiger partial charge on any atom is 0.187 e. The van der Waals surface area contributed by atoms with Gasteiger partial charge in [-0.05, 0) is 25.7 Å². The highest BCUT2D eigenvalue weighted by Crippen LogP contribution is 2.29. The molecular weight excluding hydrogens is 219 g/mol. The molecule has 4 nitrogen and oxygen atoms in total. The Balaban J connectivity index is 2.28. The molecule has 1 heterocycles. The number of nitrogens with two attached hydrogens (primary N) is 1. The number of anilines is 1. The molecule has 0 aromatic carbocycles. The van der Waals surface area contributed by atoms with E-state index in [9.17, 15) is 4.39 Å². The summed E-state index contributed by atoms with van der Waals surface area (Å²) in [5.74, 6) is 0.141. The summed E-state index contributed by atoms with van der Waals surface area (Å²) < 4.78 is 14.2. The number of aryl methyl sites for hydroxylation is 1. The van der Waals surface area contributed by atoms with E-state index in [-0.39, 0.29) is 5.82 Å². The Morgan fingerprint density at radius 3 is 2.76 bits per heavy atom. The third-order valence-electron chi connectivity index (χ3n) is 3.34. The number of halogens is 1. The molecule has 0 amide bonds. The topological polar surface area (TPSA) is 55.0 Å². The molecule has 0 saturated heterocycles. The van der Waals surface area contributed by atoms with Crippen molar-refractivity contribution < 1.29 is 4.39 Å². The lowest BCUT2D eigenvalue weighted by Crippen LogP contribution is -2.44. The van der Waals surface area contributed by atoms with Crippen molar-refractivity contribution in [1.29, 1.82) is 0 Å². The van der Waals surface area contributed by atoms with Crippen LogP contribution in [0.15, 0.2) is 6.33 Å². The van der Waals surface area contributed by atoms with Crippen molar-refractivity contribution in [3.05, 3.63) is 17.8 Å². The molecule has 2 rings (SSSR count). The van der Waals surface area contributed by atoms with Crippen molar-refractivity contribution in [2.75, 3.05) is 18.0 Å². The molecule has 2 N–H and O–H groups in total. The van der Waals surface area contributed by atoms with Crippen molar-refractivity contribution in [3.8, 4) is 0 Å². The van der Waals surface area contributed by atoms with Gasteiger partial charge in [-0.1, -0.05) is 6.92 Å². The van der Waals surface area contributed by atoms with Gasteiger partial charge in [0.05, 0.1) is 5.69 Å². The van der Waals surface area contributed by atoms with Crippen LogP contribution in [0.2, 0.25) is 0 Å². The lowest BCUT2D eigenvalue weighted by atomic mass is 9.91. The van der Waals surface area contributed by atoms with E-state index in [0.717, 1.165) is 12.8 Å². The zero-order valence-corrected chi connectivity index (χ0v) is 10.2. The molecule has 1 saturated carbocycles. The fourth-order valence-electron chi connectivity index (χ4n) is 2.14. The quantitative estimate of drug-likeness (QED) is 0.844. The Bertz CT molecular complexity index is 379. The van der Waals surface area contributed by atoms with Crippen molar-refractivity contribution >= 4 is 5.82 Å². The third kappa shape index (κ3) is 2.39. The van der Waals surface area contributed by atoms with E-state index < -0.39 is 0 Å². The molecule has 1 aliphatic carbocycles. The highest BCUT2D eigenvalue weighted by molar-refractivity contribution is 5.43. The second-order valence-corrected chi connectivity index (χ2v) is 4.38. The average molecular weight is 238 g/mol. The van der Waals surface area contributed by atoms with E-state index in [1.807, 2.05) is 11.8 Å². The van der Waals surface area contributed by atoms with Crippen LogP contribution in [-0.4, -0.2) is 29.1 Å². The van der Waals surface area contributed by atoms with Gasteiger partial charge in [0.25, 0.3) is 0 Å². The molecule has 1 aromatic rings. The van der Waals surface area contributed by atoms with Gasteiger partial charge in [0.1, 0.15) is 6.33 Å². The normalized spacial score (nSPS) is 15.7. The van der Waals surface area contributed by atoms with Gasteiger partial charge in [0.2, 0.25) is 0 Å². The molecule has 0 spiro atoms. The van der Waals surface area contributed by atoms with Crippen LogP contribution in [0, 0.1) is 5.82 Å². The van der Waals surface area contributed by atoms with Crippen molar-refractivity contribution in [2.24, 2.45) is 5.73 Å². The molecule has 0 radical (unpaired) electrons. The van der Waals surface area contributed by atoms with Gasteiger partial charge in [0, 0.05) is 19.1 Å². The molecule has 0 atom stereocenters. The minimum Gasteiger partial charge on any atom is -0.350 e. The molecule has 1 fully saturated rings. The molecule has 0 bridgehead atoms. The highest BCUT2D eigenvalue weighted by atomic mass is 19.1. The van der Waals surface area contributed by atoms with E-state index in [0.29, 0.717) is 37.1 Å². The first-order valence-corrected chi connectivity index (χ1v) is 6.24. The van der Waals surface area contributed by atoms with Gasteiger partial charge in [-0.3, -0.25) is 0 Å². The second-order valence-electron chi connectivity index (χ2n) is 4.38. The Kier molecular flexibility index (Phi) is 3.89. The summed E-state index contributed by atoms with van der Waals surface area (Å²) in [5.41, 5.74) is 6.08. The van der Waals surface area contributed by atoms with Gasteiger partial charge in [0.15, 0.2) is 11.6 Å². The molecule has 1 aliphatic rings. The zero-order chi connectivity index (χ0) is 12.3. The van der Waals surface area contributed by atoms with E-state index in [1.54, 1.807) is 0 Å². The first-order valence-electron chi connectivity index (χ1n) is 6.24. The van der Waals surface area contributed by atoms with Crippen LogP contribution >= 0.6 is 0 Å². The van der Waals surface area contributed by atoms with Gasteiger partial charge >= 0.3 is 0 Å². The molecule has 17 heavy (non-hydrogen) atoms. The monoisotopic (exact) mass is 238 g/mol. The fourth-order valence-corrected chi connectivity index (χ4v) is 2.14. The van der Waals surface area contributed by atoms with E-state index in [2.05, 4.69) is 9.97 Å². The predicted molar refractivity (Wildman–Crippen MR) is 65.4 cm³/mol. The number of rotatable bonds is 5. The lowest BCUT2D eigenvalue weighted by molar-refractivity contribution is 0.381. The third-order valence-corrected chi connectivity index (χ3v) is 3.34. The molecule has 94 valence electrons. The maximum absolute atomic E-state index is 14.2. The van der Waals surface area contributed by atoms with Crippen LogP contribution in [0.5, 0.6) is 0 Å². The van der Waals surface area contributed by atoms with Gasteiger partial charge in [-0.15, -0.1) is 0 Å². The summed E-state index contributed by atoms with van der Waals surface area (Å²) in [5, 5.41) is 0. The van der Waals surface area contributed by atoms with Crippen LogP contribution in [-0.2, 0) is 6.42 Å². The van der Waals surface area contributed by atoms with Crippen molar-refractivity contribution in [3.63, 3.8) is 0 Å². The lowest BCUT2D eigenvalue weighted by Gasteiger charge is -2.38. The molecular formula is C12H19FN4. The van der Waals surface area contributed by atoms with Crippen LogP contribution < -0.4 is 10.6 Å². The van der Waals surface area contributed by atoms with E-state index in [1.165, 1.54) is 12.7 Å². The van der Waals surface area contributed by atoms with E-state index in [4.69, 9.17) is 5.73 Å². The predicted octanol–water partition coefficient (Wildman–Crippen LogP) is 1.50. The first-order chi connectivity index (χ1) is 8.27. The number of nitrogens with zero attached hydrogens (tertiary/aromatic N) is 3. The number of hydrogen-bond acceptors (Lipinski definition) is 4. The standard InChI is InChI=1S/C12H19FN4/c1-2-10-11(13)12(16-8-15-10)17(7-6-14)9-4-3-5-9/h8-9H,2-7,14H2,1H3. The summed E-state index contributed by atoms with van der Waals surface area (Å²) in [4.78, 5) is 10.1. The van der Waals surface area contributed by atoms with Gasteiger partial charge in [-0.25, -0.2) is 14.4 Å². The Morgan fingerprint density at radius 1 is 1.47 bits per heavy atom. The minimum absolute atomic E-state index is 0.282. The second kappa shape index (κ2) is 5.40. The van der Waals surface area contributed by atoms with Gasteiger partial charge < -0.3 is 10.6 Å². The smallest absolute Gasteiger partial charge is 0.187 e. The van der Waals surface area contributed by atoms with Crippen LogP contribution in [0.1, 0.15) is 31.9 Å². The van der Waals surface area contributed by atoms with Crippen molar-refractivity contribution in [1.82, 2.24) is 9.97 Å². The van der Waals surface area contributed by atoms with Crippen molar-refractivity contribution in [2.45, 2.75) is 38.6 Å². The molecule has 1 aromatic heterocycles. The molecule has 0 unspecified atom stereocenters. The highest BCUT2D eigenvalue weighted by Gasteiger charge is 2.28. The Labute approximate surface area is 101 Å². The first kappa shape index (κ1) is 12.2. The minimum atomic E-state index is -0.282. The summed E-state index contributed by atoms with van der Waals surface area (Å²) in [7, 11) is 0. The summed E-state index contributed by atoms with van der Waals surface area (Å²) >= 11 is 0. The molecule has 0 aliphatic heterocycles. The largest absolute Gasteiger partial charge is 0.350 e. The number of hydrogen-bond donors (Lipinski definition) is 1. The van der Waals surface area contributed by atoms with Crippen LogP contribution in [0.4, 0.5) is 10.2 Å². The van der Waals surface area contributed by atoms with Gasteiger partial charge in [-0.2, -0.15) is 0 Å². The number of aromatic nitrogens is 2. The van der Waals surface area contributed by atoms with E-state index >= 15 is 0 Å². The maximum atomic E-state index is 14.2. The summed E-state index contributed by atoms with van der Waals surface area (Å²) in [6.45, 7) is 3.06. The zero-order valence-electron chi connectivity index (χ0n) is 10.2. The Hall–Kier alpha value is -1.23. The summed E-state index contributed by atoms with van der Waals surface area (Å²) in [6.07, 6.45) is 5.44. The summed E-state index contributed by atoms with van der Waals surface area (Å²) in [6, 6.07) is 0.396. The SMILES string of the molecule is CCc1ncnc(N(CCN)C2CCC2)c1F. The van der Waals surface area contributed by atoms with Crippen LogP contribution in [0.25, 0.3) is 0 Å². The average Bonchev–Trinajstić information content (AvgIpc) is 2.26. The Morgan fingerprint density at radius 2 is 2.24 bits per heavy atom.